The third kappa shape index (κ3) is 5.35. The summed E-state index contributed by atoms with van der Waals surface area (Å²) in [6.07, 6.45) is 4.01. The summed E-state index contributed by atoms with van der Waals surface area (Å²) in [5.74, 6) is -0.0631. The van der Waals surface area contributed by atoms with E-state index in [0.717, 1.165) is 31.2 Å². The van der Waals surface area contributed by atoms with Gasteiger partial charge in [0.25, 0.3) is 0 Å². The molecule has 9 heteroatoms. The van der Waals surface area contributed by atoms with Gasteiger partial charge in [0.1, 0.15) is 5.82 Å². The summed E-state index contributed by atoms with van der Waals surface area (Å²) in [6.45, 7) is 3.12. The van der Waals surface area contributed by atoms with Gasteiger partial charge in [-0.3, -0.25) is 14.5 Å². The molecule has 1 unspecified atom stereocenters. The number of fused-ring (bicyclic) bond motifs is 1. The van der Waals surface area contributed by atoms with E-state index in [1.165, 1.54) is 6.07 Å². The highest BCUT2D eigenvalue weighted by Gasteiger charge is 2.29. The molecule has 5 rings (SSSR count). The van der Waals surface area contributed by atoms with Gasteiger partial charge in [-0.15, -0.1) is 0 Å². The van der Waals surface area contributed by atoms with Crippen molar-refractivity contribution in [2.45, 2.75) is 37.8 Å². The summed E-state index contributed by atoms with van der Waals surface area (Å²) < 4.78 is 25.3. The monoisotopic (exact) mass is 482 g/mol. The molecule has 0 aromatic heterocycles. The maximum absolute atomic E-state index is 14.3. The van der Waals surface area contributed by atoms with Gasteiger partial charge in [-0.05, 0) is 42.7 Å². The second kappa shape index (κ2) is 10.5. The van der Waals surface area contributed by atoms with Gasteiger partial charge in [0, 0.05) is 38.8 Å². The maximum atomic E-state index is 14.3. The minimum absolute atomic E-state index is 0.0874. The smallest absolute Gasteiger partial charge is 0.309 e. The van der Waals surface area contributed by atoms with Gasteiger partial charge in [0.15, 0.2) is 11.5 Å². The van der Waals surface area contributed by atoms with Crippen molar-refractivity contribution in [1.29, 1.82) is 0 Å². The summed E-state index contributed by atoms with van der Waals surface area (Å²) in [5.41, 5.74) is 1.56. The van der Waals surface area contributed by atoms with E-state index in [-0.39, 0.29) is 31.2 Å². The van der Waals surface area contributed by atoms with Gasteiger partial charge >= 0.3 is 11.8 Å². The van der Waals surface area contributed by atoms with Gasteiger partial charge < -0.3 is 25.0 Å². The van der Waals surface area contributed by atoms with Gasteiger partial charge in [0.05, 0.1) is 11.7 Å². The lowest BCUT2D eigenvalue weighted by molar-refractivity contribution is -0.139. The van der Waals surface area contributed by atoms with E-state index < -0.39 is 11.8 Å². The summed E-state index contributed by atoms with van der Waals surface area (Å²) in [6, 6.07) is 12.5. The molecule has 8 nitrogen and oxygen atoms in total. The lowest BCUT2D eigenvalue weighted by Gasteiger charge is -2.40. The second-order valence-electron chi connectivity index (χ2n) is 9.27. The van der Waals surface area contributed by atoms with Crippen LogP contribution < -0.4 is 25.0 Å². The molecule has 2 aliphatic heterocycles. The number of nitrogens with zero attached hydrogens (tertiary/aromatic N) is 2. The Balaban J connectivity index is 1.27. The van der Waals surface area contributed by atoms with Crippen LogP contribution in [0.2, 0.25) is 0 Å². The molecule has 2 amide bonds. The van der Waals surface area contributed by atoms with Crippen LogP contribution in [0, 0.1) is 5.82 Å². The van der Waals surface area contributed by atoms with E-state index in [1.54, 1.807) is 12.1 Å². The van der Waals surface area contributed by atoms with E-state index in [4.69, 9.17) is 9.47 Å². The number of halogens is 1. The van der Waals surface area contributed by atoms with E-state index >= 15 is 0 Å². The van der Waals surface area contributed by atoms with E-state index in [0.29, 0.717) is 43.4 Å². The SMILES string of the molecule is O=C(NCC(c1ccc2c(c1)OCO2)N1CCN(c2ccccc2F)CC1)C(=O)NC1CCCC1. The number of carbonyl (C=O) groups excluding carboxylic acids is 2. The Bertz CT molecular complexity index is 1070. The number of ether oxygens (including phenoxy) is 2. The largest absolute Gasteiger partial charge is 0.454 e. The highest BCUT2D eigenvalue weighted by atomic mass is 19.1. The summed E-state index contributed by atoms with van der Waals surface area (Å²) in [7, 11) is 0. The van der Waals surface area contributed by atoms with Crippen LogP contribution in [0.25, 0.3) is 0 Å². The molecule has 3 aliphatic rings. The highest BCUT2D eigenvalue weighted by molar-refractivity contribution is 6.35. The van der Waals surface area contributed by atoms with Crippen molar-refractivity contribution in [2.24, 2.45) is 0 Å². The van der Waals surface area contributed by atoms with Crippen molar-refractivity contribution in [3.63, 3.8) is 0 Å². The number of nitrogens with one attached hydrogen (secondary N) is 2. The number of hydrogen-bond acceptors (Lipinski definition) is 6. The lowest BCUT2D eigenvalue weighted by atomic mass is 10.0. The minimum atomic E-state index is -0.618. The average molecular weight is 483 g/mol. The molecule has 1 atom stereocenters. The number of rotatable bonds is 6. The van der Waals surface area contributed by atoms with E-state index in [9.17, 15) is 14.0 Å². The van der Waals surface area contributed by atoms with E-state index in [1.807, 2.05) is 29.2 Å². The molecule has 0 spiro atoms. The second-order valence-corrected chi connectivity index (χ2v) is 9.27. The Kier molecular flexibility index (Phi) is 7.03. The predicted molar refractivity (Wildman–Crippen MR) is 129 cm³/mol. The summed E-state index contributed by atoms with van der Waals surface area (Å²) in [4.78, 5) is 29.3. The molecule has 35 heavy (non-hydrogen) atoms. The van der Waals surface area contributed by atoms with E-state index in [2.05, 4.69) is 15.5 Å². The molecular weight excluding hydrogens is 451 g/mol. The molecule has 2 aromatic rings. The zero-order valence-corrected chi connectivity index (χ0v) is 19.7. The first-order chi connectivity index (χ1) is 17.1. The third-order valence-corrected chi connectivity index (χ3v) is 7.08. The standard InChI is InChI=1S/C26H31FN4O4/c27-20-7-3-4-8-21(20)30-11-13-31(14-12-30)22(18-9-10-23-24(15-18)35-17-34-23)16-28-25(32)26(33)29-19-5-1-2-6-19/h3-4,7-10,15,19,22H,1-2,5-6,11-14,16-17H2,(H,28,32)(H,29,33). The Labute approximate surface area is 204 Å². The number of amides is 2. The normalized spacial score (nSPS) is 18.9. The van der Waals surface area contributed by atoms with Crippen molar-refractivity contribution in [2.75, 3.05) is 44.4 Å². The van der Waals surface area contributed by atoms with Gasteiger partial charge in [-0.25, -0.2) is 4.39 Å². The topological polar surface area (TPSA) is 83.1 Å². The van der Waals surface area contributed by atoms with Crippen molar-refractivity contribution in [3.8, 4) is 11.5 Å². The summed E-state index contributed by atoms with van der Waals surface area (Å²) >= 11 is 0. The molecule has 2 fully saturated rings. The van der Waals surface area contributed by atoms with Crippen molar-refractivity contribution in [1.82, 2.24) is 15.5 Å². The highest BCUT2D eigenvalue weighted by Crippen LogP contribution is 2.36. The van der Waals surface area contributed by atoms with Crippen LogP contribution in [0.1, 0.15) is 37.3 Å². The fourth-order valence-electron chi connectivity index (χ4n) is 5.15. The first kappa shape index (κ1) is 23.4. The van der Waals surface area contributed by atoms with Crippen LogP contribution in [0.4, 0.5) is 10.1 Å². The number of anilines is 1. The van der Waals surface area contributed by atoms with Crippen LogP contribution in [0.15, 0.2) is 42.5 Å². The summed E-state index contributed by atoms with van der Waals surface area (Å²) in [5, 5.41) is 5.68. The van der Waals surface area contributed by atoms with Crippen LogP contribution in [-0.2, 0) is 9.59 Å². The number of para-hydroxylation sites is 1. The number of carbonyl (C=O) groups is 2. The van der Waals surface area contributed by atoms with Gasteiger partial charge in [-0.1, -0.05) is 31.0 Å². The van der Waals surface area contributed by atoms with Crippen LogP contribution in [-0.4, -0.2) is 62.3 Å². The predicted octanol–water partition coefficient (Wildman–Crippen LogP) is 2.59. The molecule has 186 valence electrons. The van der Waals surface area contributed by atoms with Crippen molar-refractivity contribution in [3.05, 3.63) is 53.8 Å². The molecule has 0 radical (unpaired) electrons. The Hall–Kier alpha value is -3.33. The van der Waals surface area contributed by atoms with Gasteiger partial charge in [-0.2, -0.15) is 0 Å². The van der Waals surface area contributed by atoms with Crippen LogP contribution in [0.3, 0.4) is 0 Å². The molecule has 1 saturated heterocycles. The number of piperazine rings is 1. The minimum Gasteiger partial charge on any atom is -0.454 e. The molecule has 1 aliphatic carbocycles. The fourth-order valence-corrected chi connectivity index (χ4v) is 5.15. The zero-order chi connectivity index (χ0) is 24.2. The van der Waals surface area contributed by atoms with Crippen LogP contribution in [0.5, 0.6) is 11.5 Å². The average Bonchev–Trinajstić information content (AvgIpc) is 3.56. The molecule has 0 bridgehead atoms. The van der Waals surface area contributed by atoms with Crippen molar-refractivity contribution >= 4 is 17.5 Å². The molecule has 2 aromatic carbocycles. The Morgan fingerprint density at radius 1 is 0.971 bits per heavy atom. The molecular formula is C26H31FN4O4. The fraction of sp³-hybridized carbons (Fsp3) is 0.462. The maximum Gasteiger partial charge on any atom is 0.309 e. The Morgan fingerprint density at radius 2 is 1.71 bits per heavy atom. The first-order valence-corrected chi connectivity index (χ1v) is 12.3. The van der Waals surface area contributed by atoms with Gasteiger partial charge in [0.2, 0.25) is 6.79 Å². The number of hydrogen-bond donors (Lipinski definition) is 2. The van der Waals surface area contributed by atoms with Crippen LogP contribution >= 0.6 is 0 Å². The molecule has 2 N–H and O–H groups in total. The number of benzene rings is 2. The lowest BCUT2D eigenvalue weighted by Crippen LogP contribution is -2.51. The third-order valence-electron chi connectivity index (χ3n) is 7.08. The first-order valence-electron chi connectivity index (χ1n) is 12.3. The molecule has 1 saturated carbocycles. The zero-order valence-electron chi connectivity index (χ0n) is 19.7. The Morgan fingerprint density at radius 3 is 2.49 bits per heavy atom. The quantitative estimate of drug-likeness (QED) is 0.616. The van der Waals surface area contributed by atoms with Crippen molar-refractivity contribution < 1.29 is 23.5 Å². The molecule has 2 heterocycles.